The van der Waals surface area contributed by atoms with Crippen LogP contribution in [0.3, 0.4) is 0 Å². The molecule has 0 saturated heterocycles. The number of nitrogens with one attached hydrogen (secondary N) is 1. The summed E-state index contributed by atoms with van der Waals surface area (Å²) in [5.74, 6) is 4.28. The lowest BCUT2D eigenvalue weighted by molar-refractivity contribution is -0.637. The number of nitrogens with two attached hydrogens (primary N) is 2. The Labute approximate surface area is 60.9 Å². The fourth-order valence-corrected chi connectivity index (χ4v) is 0.226. The molecule has 0 aliphatic carbocycles. The van der Waals surface area contributed by atoms with Crippen molar-refractivity contribution in [1.29, 1.82) is 5.26 Å². The summed E-state index contributed by atoms with van der Waals surface area (Å²) in [6.45, 7) is 0. The molecule has 5 N–H and O–H groups in total. The monoisotopic (exact) mass is 159 g/mol. The molecule has 0 spiro atoms. The molecule has 60 valence electrons. The van der Waals surface area contributed by atoms with Gasteiger partial charge in [-0.15, -0.1) is 0 Å². The molecule has 0 saturated carbocycles. The van der Waals surface area contributed by atoms with Crippen LogP contribution in [0.2, 0.25) is 0 Å². The number of hydrazone groups is 1. The Morgan fingerprint density at radius 2 is 2.45 bits per heavy atom. The van der Waals surface area contributed by atoms with Crippen LogP contribution >= 0.6 is 0 Å². The highest BCUT2D eigenvalue weighted by Crippen LogP contribution is 1.83. The highest BCUT2D eigenvalue weighted by Gasteiger charge is 2.11. The molecular formula is C2H5N7O2. The minimum Gasteiger partial charge on any atom is -0.345 e. The Morgan fingerprint density at radius 3 is 2.73 bits per heavy atom. The Balaban J connectivity index is 4.33. The van der Waals surface area contributed by atoms with E-state index in [1.807, 2.05) is 5.43 Å². The number of nitro groups is 1. The molecular weight excluding hydrogens is 154 g/mol. The molecule has 0 bridgehead atoms. The smallest absolute Gasteiger partial charge is 0.345 e. The van der Waals surface area contributed by atoms with Gasteiger partial charge in [0.2, 0.25) is 0 Å². The predicted octanol–water partition coefficient (Wildman–Crippen LogP) is -2.35. The van der Waals surface area contributed by atoms with Crippen molar-refractivity contribution in [2.24, 2.45) is 16.7 Å². The fraction of sp³-hybridized carbons (Fsp3) is 0. The molecule has 9 heteroatoms. The van der Waals surface area contributed by atoms with Crippen LogP contribution in [-0.4, -0.2) is 16.1 Å². The van der Waals surface area contributed by atoms with Crippen molar-refractivity contribution in [3.8, 4) is 6.19 Å². The van der Waals surface area contributed by atoms with Crippen molar-refractivity contribution in [2.75, 3.05) is 0 Å². The number of nitrogens with zero attached hydrogens (tertiary/aromatic N) is 4. The zero-order valence-electron chi connectivity index (χ0n) is 5.26. The van der Waals surface area contributed by atoms with Crippen LogP contribution in [0.15, 0.2) is 5.10 Å². The summed E-state index contributed by atoms with van der Waals surface area (Å²) in [5, 5.41) is 19.7. The zero-order valence-corrected chi connectivity index (χ0v) is 5.26. The van der Waals surface area contributed by atoms with E-state index in [2.05, 4.69) is 5.10 Å². The lowest BCUT2D eigenvalue weighted by atomic mass is 11.1. The van der Waals surface area contributed by atoms with Gasteiger partial charge in [-0.1, -0.05) is 0 Å². The summed E-state index contributed by atoms with van der Waals surface area (Å²) in [4.78, 5) is 9.86. The van der Waals surface area contributed by atoms with Gasteiger partial charge in [-0.3, -0.25) is 5.43 Å². The molecule has 0 rings (SSSR count). The van der Waals surface area contributed by atoms with Gasteiger partial charge in [0, 0.05) is 0 Å². The van der Waals surface area contributed by atoms with Crippen LogP contribution in [0, 0.1) is 21.6 Å². The van der Waals surface area contributed by atoms with E-state index in [1.54, 1.807) is 0 Å². The van der Waals surface area contributed by atoms with Gasteiger partial charge < -0.3 is 15.8 Å². The first kappa shape index (κ1) is 8.92. The van der Waals surface area contributed by atoms with Gasteiger partial charge in [0.1, 0.15) is 10.2 Å². The van der Waals surface area contributed by atoms with Crippen molar-refractivity contribution >= 4 is 5.96 Å². The maximum Gasteiger partial charge on any atom is 0.350 e. The molecule has 11 heavy (non-hydrogen) atoms. The van der Waals surface area contributed by atoms with E-state index >= 15 is 0 Å². The maximum absolute atomic E-state index is 9.86. The van der Waals surface area contributed by atoms with Gasteiger partial charge in [0.15, 0.2) is 0 Å². The number of hydrazine groups is 2. The summed E-state index contributed by atoms with van der Waals surface area (Å²) < 4.78 is 0. The van der Waals surface area contributed by atoms with Crippen molar-refractivity contribution in [3.63, 3.8) is 0 Å². The number of guanidine groups is 1. The quantitative estimate of drug-likeness (QED) is 0.0777. The minimum absolute atomic E-state index is 0.130. The largest absolute Gasteiger partial charge is 0.350 e. The van der Waals surface area contributed by atoms with E-state index in [9.17, 15) is 10.1 Å². The van der Waals surface area contributed by atoms with E-state index in [1.165, 1.54) is 0 Å². The van der Waals surface area contributed by atoms with Crippen LogP contribution in [0.4, 0.5) is 0 Å². The molecule has 0 aliphatic rings. The van der Waals surface area contributed by atoms with Gasteiger partial charge in [-0.2, -0.15) is 5.26 Å². The highest BCUT2D eigenvalue weighted by molar-refractivity contribution is 5.76. The standard InChI is InChI=1S/C2H5N7O2/c3-1-8(9(10)11)7-2(4)6-5/h5H2,(H3,4,6,7). The molecule has 0 atom stereocenters. The molecule has 9 nitrogen and oxygen atoms in total. The first-order valence-electron chi connectivity index (χ1n) is 2.26. The van der Waals surface area contributed by atoms with Gasteiger partial charge in [-0.05, 0) is 0 Å². The Bertz CT molecular complexity index is 215. The summed E-state index contributed by atoms with van der Waals surface area (Å²) >= 11 is 0. The molecule has 0 radical (unpaired) electrons. The second-order valence-electron chi connectivity index (χ2n) is 1.26. The third-order valence-corrected chi connectivity index (χ3v) is 0.594. The Kier molecular flexibility index (Phi) is 3.13. The van der Waals surface area contributed by atoms with E-state index in [0.29, 0.717) is 0 Å². The molecule has 0 fully saturated rings. The first-order valence-corrected chi connectivity index (χ1v) is 2.26. The maximum atomic E-state index is 9.86. The Hall–Kier alpha value is -2.08. The van der Waals surface area contributed by atoms with E-state index < -0.39 is 11.0 Å². The van der Waals surface area contributed by atoms with E-state index in [0.717, 1.165) is 6.19 Å². The molecule has 0 aromatic heterocycles. The van der Waals surface area contributed by atoms with Gasteiger partial charge >= 0.3 is 5.96 Å². The molecule has 0 aromatic rings. The second-order valence-corrected chi connectivity index (χ2v) is 1.26. The van der Waals surface area contributed by atoms with Crippen molar-refractivity contribution < 1.29 is 5.03 Å². The number of hydrogen-bond donors (Lipinski definition) is 3. The van der Waals surface area contributed by atoms with Crippen LogP contribution in [0.25, 0.3) is 0 Å². The number of nitriles is 1. The van der Waals surface area contributed by atoms with Gasteiger partial charge in [0.25, 0.3) is 6.19 Å². The van der Waals surface area contributed by atoms with Crippen LogP contribution < -0.4 is 17.0 Å². The summed E-state index contributed by atoms with van der Waals surface area (Å²) in [6.07, 6.45) is 1.14. The lowest BCUT2D eigenvalue weighted by Gasteiger charge is -1.97. The number of rotatable bonds is 2. The van der Waals surface area contributed by atoms with E-state index in [4.69, 9.17) is 16.8 Å². The molecule has 0 unspecified atom stereocenters. The lowest BCUT2D eigenvalue weighted by Crippen LogP contribution is -2.39. The molecule has 0 aliphatic heterocycles. The van der Waals surface area contributed by atoms with Crippen molar-refractivity contribution in [1.82, 2.24) is 10.5 Å². The predicted molar refractivity (Wildman–Crippen MR) is 33.4 cm³/mol. The number of hydrogen-bond acceptors (Lipinski definition) is 5. The second kappa shape index (κ2) is 3.85. The van der Waals surface area contributed by atoms with E-state index in [-0.39, 0.29) is 5.12 Å². The summed E-state index contributed by atoms with van der Waals surface area (Å²) in [7, 11) is 0. The normalized spacial score (nSPS) is 10.0. The topological polar surface area (TPSA) is 147 Å². The molecule has 0 amide bonds. The fourth-order valence-electron chi connectivity index (χ4n) is 0.226. The highest BCUT2D eigenvalue weighted by atomic mass is 16.7. The summed E-state index contributed by atoms with van der Waals surface area (Å²) in [6, 6.07) is 0. The minimum atomic E-state index is -1.05. The average Bonchev–Trinajstić information content (AvgIpc) is 1.99. The zero-order chi connectivity index (χ0) is 8.85. The molecule has 0 aromatic carbocycles. The Morgan fingerprint density at radius 1 is 1.91 bits per heavy atom. The van der Waals surface area contributed by atoms with Gasteiger partial charge in [0.05, 0.1) is 5.03 Å². The summed E-state index contributed by atoms with van der Waals surface area (Å²) in [5.41, 5.74) is 6.72. The third kappa shape index (κ3) is 2.82. The molecule has 0 heterocycles. The van der Waals surface area contributed by atoms with Gasteiger partial charge in [-0.25, -0.2) is 5.84 Å². The van der Waals surface area contributed by atoms with Crippen LogP contribution in [0.5, 0.6) is 0 Å². The first-order chi connectivity index (χ1) is 5.11. The van der Waals surface area contributed by atoms with Crippen LogP contribution in [0.1, 0.15) is 0 Å². The SMILES string of the molecule is N#CN(N=C(N)NN)[N+](=O)[O-]. The van der Waals surface area contributed by atoms with Crippen molar-refractivity contribution in [2.45, 2.75) is 0 Å². The van der Waals surface area contributed by atoms with Crippen molar-refractivity contribution in [3.05, 3.63) is 10.1 Å². The average molecular weight is 159 g/mol. The van der Waals surface area contributed by atoms with Crippen LogP contribution in [-0.2, 0) is 0 Å². The third-order valence-electron chi connectivity index (χ3n) is 0.594.